The molecular formula is C36H25N5O11S3. The minimum atomic E-state index is -4.92. The number of phenols is 2. The van der Waals surface area contributed by atoms with Gasteiger partial charge in [0.2, 0.25) is 0 Å². The van der Waals surface area contributed by atoms with Crippen LogP contribution >= 0.6 is 0 Å². The molecule has 16 nitrogen and oxygen atoms in total. The molecule has 0 spiro atoms. The molecule has 0 saturated carbocycles. The summed E-state index contributed by atoms with van der Waals surface area (Å²) in [5, 5.41) is 42.6. The van der Waals surface area contributed by atoms with E-state index in [0.717, 1.165) is 30.0 Å². The molecule has 0 radical (unpaired) electrons. The number of fused-ring (bicyclic) bond motifs is 3. The van der Waals surface area contributed by atoms with Crippen LogP contribution in [0.2, 0.25) is 0 Å². The van der Waals surface area contributed by atoms with Crippen molar-refractivity contribution >= 4 is 96.8 Å². The van der Waals surface area contributed by atoms with Gasteiger partial charge in [0.25, 0.3) is 30.4 Å². The third kappa shape index (κ3) is 7.55. The Labute approximate surface area is 312 Å². The molecule has 278 valence electrons. The van der Waals surface area contributed by atoms with E-state index in [1.165, 1.54) is 18.2 Å². The highest BCUT2D eigenvalue weighted by Crippen LogP contribution is 2.44. The lowest BCUT2D eigenvalue weighted by molar-refractivity contribution is 0.471. The highest BCUT2D eigenvalue weighted by atomic mass is 32.2. The molecule has 7 rings (SSSR count). The van der Waals surface area contributed by atoms with E-state index in [2.05, 4.69) is 25.8 Å². The summed E-state index contributed by atoms with van der Waals surface area (Å²) < 4.78 is 102. The zero-order valence-corrected chi connectivity index (χ0v) is 30.1. The van der Waals surface area contributed by atoms with E-state index in [-0.39, 0.29) is 38.6 Å². The Hall–Kier alpha value is -6.35. The van der Waals surface area contributed by atoms with Gasteiger partial charge < -0.3 is 15.5 Å². The predicted octanol–water partition coefficient (Wildman–Crippen LogP) is 8.87. The van der Waals surface area contributed by atoms with Gasteiger partial charge in [-0.25, -0.2) is 0 Å². The van der Waals surface area contributed by atoms with E-state index >= 15 is 0 Å². The Balaban J connectivity index is 1.30. The number of phenolic OH excluding ortho intramolecular Hbond substituents is 2. The van der Waals surface area contributed by atoms with Gasteiger partial charge in [-0.2, -0.15) is 25.3 Å². The zero-order chi connectivity index (χ0) is 39.3. The van der Waals surface area contributed by atoms with Gasteiger partial charge in [0, 0.05) is 33.6 Å². The van der Waals surface area contributed by atoms with Crippen LogP contribution in [0.5, 0.6) is 11.5 Å². The lowest BCUT2D eigenvalue weighted by atomic mass is 10.1. The van der Waals surface area contributed by atoms with E-state index in [9.17, 15) is 49.1 Å². The number of azo groups is 2. The molecule has 6 N–H and O–H groups in total. The van der Waals surface area contributed by atoms with E-state index in [4.69, 9.17) is 0 Å². The molecule has 7 aromatic rings. The lowest BCUT2D eigenvalue weighted by Gasteiger charge is -2.12. The van der Waals surface area contributed by atoms with Crippen LogP contribution in [0.3, 0.4) is 0 Å². The van der Waals surface area contributed by atoms with Crippen LogP contribution in [0.1, 0.15) is 0 Å². The summed E-state index contributed by atoms with van der Waals surface area (Å²) in [5.41, 5.74) is 0.897. The topological polar surface area (TPSA) is 265 Å². The highest BCUT2D eigenvalue weighted by Gasteiger charge is 2.23. The molecule has 0 atom stereocenters. The van der Waals surface area contributed by atoms with Gasteiger partial charge >= 0.3 is 0 Å². The fourth-order valence-electron chi connectivity index (χ4n) is 5.86. The summed E-state index contributed by atoms with van der Waals surface area (Å²) in [6.45, 7) is 0. The quantitative estimate of drug-likeness (QED) is 0.0590. The fourth-order valence-corrected chi connectivity index (χ4v) is 7.59. The summed E-state index contributed by atoms with van der Waals surface area (Å²) in [5.74, 6) is -1.24. The van der Waals surface area contributed by atoms with Crippen LogP contribution in [0.25, 0.3) is 32.3 Å². The molecule has 0 aromatic heterocycles. The molecule has 0 unspecified atom stereocenters. The number of nitrogens with one attached hydrogen (secondary N) is 1. The molecule has 0 heterocycles. The molecule has 55 heavy (non-hydrogen) atoms. The van der Waals surface area contributed by atoms with Gasteiger partial charge in [0.15, 0.2) is 5.75 Å². The number of benzene rings is 7. The first kappa shape index (κ1) is 37.0. The molecule has 0 aliphatic rings. The van der Waals surface area contributed by atoms with Crippen molar-refractivity contribution in [2.45, 2.75) is 14.7 Å². The first-order chi connectivity index (χ1) is 26.0. The van der Waals surface area contributed by atoms with Gasteiger partial charge in [-0.1, -0.05) is 42.5 Å². The molecule has 7 aromatic carbocycles. The van der Waals surface area contributed by atoms with Crippen LogP contribution in [0.4, 0.5) is 34.1 Å². The molecule has 0 fully saturated rings. The maximum absolute atomic E-state index is 12.5. The van der Waals surface area contributed by atoms with Crippen LogP contribution in [0.15, 0.2) is 150 Å². The van der Waals surface area contributed by atoms with Crippen molar-refractivity contribution in [3.63, 3.8) is 0 Å². The molecular weight excluding hydrogens is 775 g/mol. The van der Waals surface area contributed by atoms with Crippen molar-refractivity contribution in [2.75, 3.05) is 5.32 Å². The maximum atomic E-state index is 12.5. The van der Waals surface area contributed by atoms with E-state index in [1.54, 1.807) is 42.5 Å². The van der Waals surface area contributed by atoms with Crippen LogP contribution in [-0.4, -0.2) is 49.1 Å². The minimum Gasteiger partial charge on any atom is -0.507 e. The molecule has 0 aliphatic heterocycles. The average molecular weight is 800 g/mol. The van der Waals surface area contributed by atoms with Gasteiger partial charge in [-0.15, -0.1) is 20.5 Å². The smallest absolute Gasteiger partial charge is 0.296 e. The third-order valence-electron chi connectivity index (χ3n) is 8.34. The SMILES string of the molecule is O=S(=O)(O)c1cc(O)c2c(/N=N/c3ccc(/N=N/c4c(S(=O)(=O)O)cc5cc(Nc6ccccc6)ccc5c4O)c4ccccc34)cc(S(=O)(=O)O)cc2c1. The van der Waals surface area contributed by atoms with Crippen LogP contribution in [-0.2, 0) is 30.4 Å². The van der Waals surface area contributed by atoms with E-state index in [1.807, 2.05) is 30.3 Å². The molecule has 0 aliphatic carbocycles. The molecule has 0 bridgehead atoms. The number of para-hydroxylation sites is 1. The van der Waals surface area contributed by atoms with Gasteiger partial charge in [-0.3, -0.25) is 13.7 Å². The van der Waals surface area contributed by atoms with E-state index < -0.39 is 62.2 Å². The number of nitrogens with zero attached hydrogens (tertiary/aromatic N) is 4. The lowest BCUT2D eigenvalue weighted by Crippen LogP contribution is -2.00. The second-order valence-electron chi connectivity index (χ2n) is 12.0. The Morgan fingerprint density at radius 1 is 0.473 bits per heavy atom. The van der Waals surface area contributed by atoms with Crippen molar-refractivity contribution in [3.8, 4) is 11.5 Å². The molecule has 19 heteroatoms. The minimum absolute atomic E-state index is 0.146. The number of anilines is 2. The third-order valence-corrected chi connectivity index (χ3v) is 10.9. The monoisotopic (exact) mass is 799 g/mol. The fraction of sp³-hybridized carbons (Fsp3) is 0. The van der Waals surface area contributed by atoms with Gasteiger partial charge in [0.1, 0.15) is 16.3 Å². The van der Waals surface area contributed by atoms with Gasteiger partial charge in [0.05, 0.1) is 32.2 Å². The van der Waals surface area contributed by atoms with Gasteiger partial charge in [-0.05, 0) is 77.5 Å². The second-order valence-corrected chi connectivity index (χ2v) is 16.2. The number of rotatable bonds is 9. The Morgan fingerprint density at radius 3 is 1.64 bits per heavy atom. The standard InChI is InChI=1S/C36H25N5O11S3/c42-32-19-25(54(47,48)49)16-21-15-24(53(44,45)46)18-31(34(21)32)40-38-29-12-13-30(28-9-5-4-8-27(28)29)39-41-35-33(55(50,51)52)17-20-14-23(10-11-26(20)36(35)43)37-22-6-2-1-3-7-22/h1-19,37,42-43H,(H,44,45,46)(H,47,48,49)(H,50,51,52)/b40-38+,41-39+. The Morgan fingerprint density at radius 2 is 1.04 bits per heavy atom. The Bertz CT molecular complexity index is 3120. The molecule has 0 amide bonds. The average Bonchev–Trinajstić information content (AvgIpc) is 3.12. The van der Waals surface area contributed by atoms with E-state index in [0.29, 0.717) is 16.5 Å². The summed E-state index contributed by atoms with van der Waals surface area (Å²) in [6.07, 6.45) is 0. The maximum Gasteiger partial charge on any atom is 0.296 e. The zero-order valence-electron chi connectivity index (χ0n) is 27.7. The first-order valence-electron chi connectivity index (χ1n) is 15.7. The summed E-state index contributed by atoms with van der Waals surface area (Å²) in [6, 6.07) is 28.0. The largest absolute Gasteiger partial charge is 0.507 e. The highest BCUT2D eigenvalue weighted by molar-refractivity contribution is 7.86. The van der Waals surface area contributed by atoms with Crippen molar-refractivity contribution in [2.24, 2.45) is 20.5 Å². The number of hydrogen-bond donors (Lipinski definition) is 6. The predicted molar refractivity (Wildman–Crippen MR) is 203 cm³/mol. The number of aromatic hydroxyl groups is 2. The van der Waals surface area contributed by atoms with Crippen molar-refractivity contribution < 1.29 is 49.1 Å². The van der Waals surface area contributed by atoms with Crippen LogP contribution < -0.4 is 5.32 Å². The Kier molecular flexibility index (Phi) is 9.29. The molecule has 0 saturated heterocycles. The first-order valence-corrected chi connectivity index (χ1v) is 20.0. The normalized spacial score (nSPS) is 12.7. The van der Waals surface area contributed by atoms with Crippen molar-refractivity contribution in [1.82, 2.24) is 0 Å². The second kappa shape index (κ2) is 13.8. The van der Waals surface area contributed by atoms with Crippen molar-refractivity contribution in [1.29, 1.82) is 0 Å². The summed E-state index contributed by atoms with van der Waals surface area (Å²) in [7, 11) is -14.6. The summed E-state index contributed by atoms with van der Waals surface area (Å²) >= 11 is 0. The van der Waals surface area contributed by atoms with Crippen LogP contribution in [0, 0.1) is 0 Å². The van der Waals surface area contributed by atoms with Crippen molar-refractivity contribution in [3.05, 3.63) is 115 Å². The number of hydrogen-bond acceptors (Lipinski definition) is 13. The summed E-state index contributed by atoms with van der Waals surface area (Å²) in [4.78, 5) is -2.14.